The van der Waals surface area contributed by atoms with Crippen LogP contribution in [-0.4, -0.2) is 11.8 Å². The summed E-state index contributed by atoms with van der Waals surface area (Å²) in [5.41, 5.74) is 4.82. The van der Waals surface area contributed by atoms with Crippen molar-refractivity contribution in [3.8, 4) is 0 Å². The Morgan fingerprint density at radius 3 is 2.43 bits per heavy atom. The number of rotatable bonds is 2. The van der Waals surface area contributed by atoms with Crippen molar-refractivity contribution in [2.24, 2.45) is 11.7 Å². The maximum atomic E-state index is 10.1. The molecule has 3 heteroatoms. The van der Waals surface area contributed by atoms with E-state index in [-0.39, 0.29) is 11.8 Å². The molecule has 0 unspecified atom stereocenters. The van der Waals surface area contributed by atoms with Crippen LogP contribution >= 0.6 is 11.6 Å². The first-order valence-corrected chi connectivity index (χ1v) is 2.57. The molecule has 0 heterocycles. The van der Waals surface area contributed by atoms with Gasteiger partial charge in [-0.3, -0.25) is 4.79 Å². The highest BCUT2D eigenvalue weighted by atomic mass is 35.5. The Balaban J connectivity index is 3.34. The van der Waals surface area contributed by atoms with E-state index in [4.69, 9.17) is 17.3 Å². The van der Waals surface area contributed by atoms with E-state index in [9.17, 15) is 4.79 Å². The number of carbonyl (C=O) groups is 1. The molecule has 0 radical (unpaired) electrons. The Labute approximate surface area is 47.6 Å². The van der Waals surface area contributed by atoms with E-state index in [1.165, 1.54) is 0 Å². The second kappa shape index (κ2) is 2.86. The molecule has 0 aliphatic heterocycles. The molecule has 0 rings (SSSR count). The number of nitrogens with two attached hydrogens (primary N) is 1. The maximum absolute atomic E-state index is 10.1. The third-order valence-electron chi connectivity index (χ3n) is 0.717. The molecule has 0 aliphatic rings. The molecular formula is C4H8ClNO. The molecule has 2 N–H and O–H groups in total. The number of halogens is 1. The van der Waals surface area contributed by atoms with Gasteiger partial charge in [-0.1, -0.05) is 6.92 Å². The predicted molar refractivity (Wildman–Crippen MR) is 29.1 cm³/mol. The third kappa shape index (κ3) is 2.45. The first-order valence-electron chi connectivity index (χ1n) is 2.03. The number of primary amides is 1. The molecule has 1 atom stereocenters. The number of carbonyl (C=O) groups excluding carboxylic acids is 1. The van der Waals surface area contributed by atoms with E-state index in [1.54, 1.807) is 6.92 Å². The van der Waals surface area contributed by atoms with Crippen molar-refractivity contribution in [2.75, 3.05) is 5.88 Å². The van der Waals surface area contributed by atoms with Gasteiger partial charge in [0.1, 0.15) is 0 Å². The smallest absolute Gasteiger partial charge is 0.221 e. The van der Waals surface area contributed by atoms with Crippen LogP contribution in [0, 0.1) is 5.92 Å². The van der Waals surface area contributed by atoms with E-state index >= 15 is 0 Å². The predicted octanol–water partition coefficient (Wildman–Crippen LogP) is 0.347. The van der Waals surface area contributed by atoms with Crippen LogP contribution in [0.5, 0.6) is 0 Å². The summed E-state index contributed by atoms with van der Waals surface area (Å²) in [6.45, 7) is 1.69. The van der Waals surface area contributed by atoms with E-state index in [0.29, 0.717) is 5.88 Å². The van der Waals surface area contributed by atoms with Gasteiger partial charge in [-0.25, -0.2) is 0 Å². The van der Waals surface area contributed by atoms with Crippen LogP contribution in [0.3, 0.4) is 0 Å². The molecular weight excluding hydrogens is 114 g/mol. The molecule has 0 bridgehead atoms. The zero-order chi connectivity index (χ0) is 5.86. The summed E-state index contributed by atoms with van der Waals surface area (Å²) in [4.78, 5) is 10.1. The van der Waals surface area contributed by atoms with Crippen molar-refractivity contribution < 1.29 is 4.79 Å². The van der Waals surface area contributed by atoms with Crippen molar-refractivity contribution in [3.05, 3.63) is 0 Å². The average molecular weight is 122 g/mol. The number of amides is 1. The Kier molecular flexibility index (Phi) is 2.76. The van der Waals surface area contributed by atoms with Gasteiger partial charge < -0.3 is 5.73 Å². The van der Waals surface area contributed by atoms with Crippen molar-refractivity contribution >= 4 is 17.5 Å². The van der Waals surface area contributed by atoms with Crippen molar-refractivity contribution in [2.45, 2.75) is 6.92 Å². The lowest BCUT2D eigenvalue weighted by molar-refractivity contribution is -0.120. The highest BCUT2D eigenvalue weighted by Crippen LogP contribution is 1.93. The largest absolute Gasteiger partial charge is 0.369 e. The number of alkyl halides is 1. The zero-order valence-corrected chi connectivity index (χ0v) is 4.90. The lowest BCUT2D eigenvalue weighted by Gasteiger charge is -1.96. The first-order chi connectivity index (χ1) is 3.18. The SMILES string of the molecule is C[C@H](CCl)C(N)=O. The van der Waals surface area contributed by atoms with Crippen LogP contribution in [-0.2, 0) is 4.79 Å². The summed E-state index contributed by atoms with van der Waals surface area (Å²) in [6, 6.07) is 0. The Morgan fingerprint density at radius 2 is 2.43 bits per heavy atom. The van der Waals surface area contributed by atoms with Crippen LogP contribution in [0.1, 0.15) is 6.92 Å². The molecule has 7 heavy (non-hydrogen) atoms. The summed E-state index contributed by atoms with van der Waals surface area (Å²) in [5, 5.41) is 0. The van der Waals surface area contributed by atoms with Gasteiger partial charge in [0.25, 0.3) is 0 Å². The summed E-state index contributed by atoms with van der Waals surface area (Å²) >= 11 is 5.25. The van der Waals surface area contributed by atoms with Gasteiger partial charge >= 0.3 is 0 Å². The number of hydrogen-bond acceptors (Lipinski definition) is 1. The van der Waals surface area contributed by atoms with Gasteiger partial charge in [0.05, 0.1) is 0 Å². The maximum Gasteiger partial charge on any atom is 0.221 e. The number of hydrogen-bond donors (Lipinski definition) is 1. The molecule has 2 nitrogen and oxygen atoms in total. The van der Waals surface area contributed by atoms with Gasteiger partial charge in [-0.2, -0.15) is 0 Å². The van der Waals surface area contributed by atoms with E-state index in [2.05, 4.69) is 0 Å². The van der Waals surface area contributed by atoms with Crippen LogP contribution < -0.4 is 5.73 Å². The van der Waals surface area contributed by atoms with Gasteiger partial charge in [-0.05, 0) is 0 Å². The summed E-state index contributed by atoms with van der Waals surface area (Å²) in [7, 11) is 0. The van der Waals surface area contributed by atoms with Gasteiger partial charge in [-0.15, -0.1) is 11.6 Å². The molecule has 0 aliphatic carbocycles. The Bertz CT molecular complexity index is 74.1. The van der Waals surface area contributed by atoms with Crippen molar-refractivity contribution in [1.29, 1.82) is 0 Å². The first kappa shape index (κ1) is 6.76. The van der Waals surface area contributed by atoms with Gasteiger partial charge in [0.2, 0.25) is 5.91 Å². The molecule has 0 aromatic rings. The summed E-state index contributed by atoms with van der Waals surface area (Å²) < 4.78 is 0. The second-order valence-corrected chi connectivity index (χ2v) is 1.77. The summed E-state index contributed by atoms with van der Waals surface area (Å²) in [5.74, 6) is -0.216. The summed E-state index contributed by atoms with van der Waals surface area (Å²) in [6.07, 6.45) is 0. The van der Waals surface area contributed by atoms with Gasteiger partial charge in [0, 0.05) is 11.8 Å². The quantitative estimate of drug-likeness (QED) is 0.527. The minimum absolute atomic E-state index is 0.193. The fraction of sp³-hybridized carbons (Fsp3) is 0.750. The molecule has 0 spiro atoms. The standard InChI is InChI=1S/C4H8ClNO/c1-3(2-5)4(6)7/h3H,2H2,1H3,(H2,6,7)/t3-/m1/s1. The molecule has 1 amide bonds. The van der Waals surface area contributed by atoms with Gasteiger partial charge in [0.15, 0.2) is 0 Å². The van der Waals surface area contributed by atoms with Crippen molar-refractivity contribution in [3.63, 3.8) is 0 Å². The third-order valence-corrected chi connectivity index (χ3v) is 1.18. The van der Waals surface area contributed by atoms with E-state index < -0.39 is 0 Å². The molecule has 0 saturated carbocycles. The highest BCUT2D eigenvalue weighted by molar-refractivity contribution is 6.19. The van der Waals surface area contributed by atoms with Crippen molar-refractivity contribution in [1.82, 2.24) is 0 Å². The second-order valence-electron chi connectivity index (χ2n) is 1.46. The molecule has 0 aromatic carbocycles. The fourth-order valence-corrected chi connectivity index (χ4v) is 0.228. The molecule has 0 fully saturated rings. The van der Waals surface area contributed by atoms with Crippen LogP contribution in [0.4, 0.5) is 0 Å². The van der Waals surface area contributed by atoms with E-state index in [1.807, 2.05) is 0 Å². The monoisotopic (exact) mass is 121 g/mol. The minimum atomic E-state index is -0.338. The fourth-order valence-electron chi connectivity index (χ4n) is 0.0760. The zero-order valence-electron chi connectivity index (χ0n) is 4.15. The minimum Gasteiger partial charge on any atom is -0.369 e. The van der Waals surface area contributed by atoms with Crippen LogP contribution in [0.2, 0.25) is 0 Å². The lowest BCUT2D eigenvalue weighted by atomic mass is 10.2. The lowest BCUT2D eigenvalue weighted by Crippen LogP contribution is -2.21. The van der Waals surface area contributed by atoms with Crippen LogP contribution in [0.15, 0.2) is 0 Å². The topological polar surface area (TPSA) is 43.1 Å². The molecule has 0 saturated heterocycles. The Morgan fingerprint density at radius 1 is 2.00 bits per heavy atom. The van der Waals surface area contributed by atoms with Crippen LogP contribution in [0.25, 0.3) is 0 Å². The van der Waals surface area contributed by atoms with E-state index in [0.717, 1.165) is 0 Å². The molecule has 42 valence electrons. The molecule has 0 aromatic heterocycles. The Hall–Kier alpha value is -0.240. The normalized spacial score (nSPS) is 13.4. The average Bonchev–Trinajstić information content (AvgIpc) is 1.65. The highest BCUT2D eigenvalue weighted by Gasteiger charge is 2.03.